The van der Waals surface area contributed by atoms with E-state index in [1.807, 2.05) is 0 Å². The van der Waals surface area contributed by atoms with E-state index in [4.69, 9.17) is 4.42 Å². The highest BCUT2D eigenvalue weighted by molar-refractivity contribution is 5.97. The number of rotatable bonds is 3. The number of hydrogen-bond donors (Lipinski definition) is 1. The van der Waals surface area contributed by atoms with Gasteiger partial charge in [0.15, 0.2) is 5.43 Å². The van der Waals surface area contributed by atoms with E-state index in [1.165, 1.54) is 23.2 Å². The van der Waals surface area contributed by atoms with E-state index >= 15 is 0 Å². The molecular formula is C15H11FN2O4. The van der Waals surface area contributed by atoms with Crippen LogP contribution in [0.2, 0.25) is 0 Å². The van der Waals surface area contributed by atoms with Gasteiger partial charge in [-0.25, -0.2) is 14.2 Å². The first-order chi connectivity index (χ1) is 10.5. The highest BCUT2D eigenvalue weighted by atomic mass is 19.1. The molecule has 1 aliphatic heterocycles. The van der Waals surface area contributed by atoms with Gasteiger partial charge < -0.3 is 14.1 Å². The predicted octanol–water partition coefficient (Wildman–Crippen LogP) is 2.14. The van der Waals surface area contributed by atoms with Crippen LogP contribution in [-0.4, -0.2) is 20.6 Å². The molecule has 0 saturated carbocycles. The van der Waals surface area contributed by atoms with Gasteiger partial charge in [0.1, 0.15) is 12.1 Å². The summed E-state index contributed by atoms with van der Waals surface area (Å²) in [6.45, 7) is 1.74. The third-order valence-corrected chi connectivity index (χ3v) is 3.45. The van der Waals surface area contributed by atoms with Gasteiger partial charge in [0.2, 0.25) is 5.89 Å². The Hall–Kier alpha value is -2.96. The Kier molecular flexibility index (Phi) is 3.25. The van der Waals surface area contributed by atoms with Crippen LogP contribution in [0.25, 0.3) is 11.1 Å². The molecule has 3 rings (SSSR count). The minimum absolute atomic E-state index is 0.0640. The van der Waals surface area contributed by atoms with Crippen LogP contribution in [0.5, 0.6) is 0 Å². The quantitative estimate of drug-likeness (QED) is 0.801. The van der Waals surface area contributed by atoms with Gasteiger partial charge in [-0.3, -0.25) is 4.79 Å². The number of aromatic carboxylic acids is 1. The second kappa shape index (κ2) is 5.10. The molecule has 0 saturated heterocycles. The molecule has 0 unspecified atom stereocenters. The van der Waals surface area contributed by atoms with Gasteiger partial charge in [0.05, 0.1) is 18.3 Å². The Bertz CT molecular complexity index is 883. The lowest BCUT2D eigenvalue weighted by molar-refractivity contribution is 0.0695. The maximum atomic E-state index is 14.0. The van der Waals surface area contributed by atoms with Crippen molar-refractivity contribution in [2.75, 3.05) is 0 Å². The molecule has 0 amide bonds. The lowest BCUT2D eigenvalue weighted by Crippen LogP contribution is -2.16. The number of oxazole rings is 1. The van der Waals surface area contributed by atoms with Crippen LogP contribution in [-0.2, 0) is 6.54 Å². The molecule has 1 aromatic heterocycles. The standard InChI is InChI=1S/C15H11FN2O4/c1-8-14(15(20)21)10-4-9(19)5-12(16)11(10)6-18(8)7-13-17-2-3-22-13/h2-6H,7H2,1H3,(H,20,21). The first-order valence-electron chi connectivity index (χ1n) is 6.42. The van der Waals surface area contributed by atoms with Gasteiger partial charge >= 0.3 is 5.97 Å². The molecule has 1 aromatic rings. The Balaban J connectivity index is 2.30. The molecule has 6 nitrogen and oxygen atoms in total. The Morgan fingerprint density at radius 1 is 1.41 bits per heavy atom. The molecule has 112 valence electrons. The Morgan fingerprint density at radius 2 is 2.18 bits per heavy atom. The summed E-state index contributed by atoms with van der Waals surface area (Å²) in [7, 11) is 0. The van der Waals surface area contributed by atoms with Gasteiger partial charge in [-0.1, -0.05) is 0 Å². The molecule has 1 aliphatic carbocycles. The Labute approximate surface area is 123 Å². The molecule has 0 aromatic carbocycles. The first kappa shape index (κ1) is 14.0. The summed E-state index contributed by atoms with van der Waals surface area (Å²) < 4.78 is 20.7. The van der Waals surface area contributed by atoms with Crippen molar-refractivity contribution in [3.05, 3.63) is 64.0 Å². The van der Waals surface area contributed by atoms with Gasteiger partial charge in [-0.05, 0) is 13.0 Å². The second-order valence-corrected chi connectivity index (χ2v) is 4.81. The fraction of sp³-hybridized carbons (Fsp3) is 0.133. The average molecular weight is 302 g/mol. The molecule has 0 fully saturated rings. The monoisotopic (exact) mass is 302 g/mol. The summed E-state index contributed by atoms with van der Waals surface area (Å²) >= 11 is 0. The van der Waals surface area contributed by atoms with Gasteiger partial charge in [0.25, 0.3) is 0 Å². The molecular weight excluding hydrogens is 291 g/mol. The van der Waals surface area contributed by atoms with Crippen molar-refractivity contribution in [3.8, 4) is 11.1 Å². The Morgan fingerprint density at radius 3 is 2.82 bits per heavy atom. The number of halogens is 1. The zero-order chi connectivity index (χ0) is 15.9. The van der Waals surface area contributed by atoms with Gasteiger partial charge in [-0.2, -0.15) is 0 Å². The minimum Gasteiger partial charge on any atom is -0.478 e. The molecule has 0 spiro atoms. The number of nitrogens with zero attached hydrogens (tertiary/aromatic N) is 2. The highest BCUT2D eigenvalue weighted by Gasteiger charge is 2.23. The van der Waals surface area contributed by atoms with Crippen molar-refractivity contribution in [3.63, 3.8) is 0 Å². The number of pyridine rings is 1. The number of hydrogen-bond acceptors (Lipinski definition) is 4. The van der Waals surface area contributed by atoms with Crippen LogP contribution in [0, 0.1) is 12.7 Å². The summed E-state index contributed by atoms with van der Waals surface area (Å²) in [5.41, 5.74) is -0.158. The van der Waals surface area contributed by atoms with Crippen molar-refractivity contribution < 1.29 is 18.7 Å². The summed E-state index contributed by atoms with van der Waals surface area (Å²) in [5.74, 6) is -1.62. The van der Waals surface area contributed by atoms with Crippen molar-refractivity contribution in [1.82, 2.24) is 9.55 Å². The van der Waals surface area contributed by atoms with E-state index in [2.05, 4.69) is 4.98 Å². The molecule has 0 bridgehead atoms. The maximum absolute atomic E-state index is 14.0. The summed E-state index contributed by atoms with van der Waals surface area (Å²) in [6.07, 6.45) is 4.32. The average Bonchev–Trinajstić information content (AvgIpc) is 2.93. The number of fused-ring (bicyclic) bond motifs is 1. The highest BCUT2D eigenvalue weighted by Crippen LogP contribution is 2.29. The van der Waals surface area contributed by atoms with Crippen molar-refractivity contribution >= 4 is 5.97 Å². The van der Waals surface area contributed by atoms with E-state index in [9.17, 15) is 19.1 Å². The fourth-order valence-corrected chi connectivity index (χ4v) is 2.43. The molecule has 0 radical (unpaired) electrons. The normalized spacial score (nSPS) is 11.0. The maximum Gasteiger partial charge on any atom is 0.338 e. The topological polar surface area (TPSA) is 85.3 Å². The van der Waals surface area contributed by atoms with Crippen LogP contribution in [0.3, 0.4) is 0 Å². The predicted molar refractivity (Wildman–Crippen MR) is 74.6 cm³/mol. The summed E-state index contributed by atoms with van der Waals surface area (Å²) in [6, 6.07) is 1.96. The van der Waals surface area contributed by atoms with E-state index in [0.717, 1.165) is 12.1 Å². The van der Waals surface area contributed by atoms with Crippen molar-refractivity contribution in [2.45, 2.75) is 13.5 Å². The van der Waals surface area contributed by atoms with Crippen LogP contribution < -0.4 is 5.43 Å². The molecule has 2 aliphatic rings. The number of benzene rings is 1. The summed E-state index contributed by atoms with van der Waals surface area (Å²) in [4.78, 5) is 27.0. The van der Waals surface area contributed by atoms with Gasteiger partial charge in [-0.15, -0.1) is 0 Å². The van der Waals surface area contributed by atoms with Crippen LogP contribution in [0.1, 0.15) is 21.9 Å². The molecule has 2 heterocycles. The van der Waals surface area contributed by atoms with Crippen LogP contribution >= 0.6 is 0 Å². The zero-order valence-corrected chi connectivity index (χ0v) is 11.5. The van der Waals surface area contributed by atoms with Crippen LogP contribution in [0.15, 0.2) is 40.0 Å². The third kappa shape index (κ3) is 2.26. The molecule has 0 atom stereocenters. The first-order valence-corrected chi connectivity index (χ1v) is 6.42. The van der Waals surface area contributed by atoms with Crippen molar-refractivity contribution in [1.29, 1.82) is 0 Å². The van der Waals surface area contributed by atoms with Crippen molar-refractivity contribution in [2.24, 2.45) is 0 Å². The summed E-state index contributed by atoms with van der Waals surface area (Å²) in [5, 5.41) is 9.42. The van der Waals surface area contributed by atoms with E-state index < -0.39 is 17.2 Å². The van der Waals surface area contributed by atoms with E-state index in [0.29, 0.717) is 11.6 Å². The number of aromatic nitrogens is 2. The SMILES string of the molecule is Cc1c(C(=O)O)c2cc(=O)cc(F)c-2cn1Cc1ncco1. The fourth-order valence-electron chi connectivity index (χ4n) is 2.43. The third-order valence-electron chi connectivity index (χ3n) is 3.45. The molecule has 7 heteroatoms. The van der Waals surface area contributed by atoms with E-state index in [-0.39, 0.29) is 23.2 Å². The molecule has 22 heavy (non-hydrogen) atoms. The van der Waals surface area contributed by atoms with E-state index in [1.54, 1.807) is 6.92 Å². The van der Waals surface area contributed by atoms with Crippen LogP contribution in [0.4, 0.5) is 4.39 Å². The van der Waals surface area contributed by atoms with Gasteiger partial charge in [0, 0.05) is 29.1 Å². The minimum atomic E-state index is -1.23. The zero-order valence-electron chi connectivity index (χ0n) is 11.5. The largest absolute Gasteiger partial charge is 0.478 e. The lowest BCUT2D eigenvalue weighted by atomic mass is 9.97. The molecule has 1 N–H and O–H groups in total. The number of carboxylic acid groups (broad SMARTS) is 1. The number of carbonyl (C=O) groups is 1. The lowest BCUT2D eigenvalue weighted by Gasteiger charge is -2.18. The second-order valence-electron chi connectivity index (χ2n) is 4.81. The number of carboxylic acids is 1. The smallest absolute Gasteiger partial charge is 0.338 e.